The molecule has 0 radical (unpaired) electrons. The van der Waals surface area contributed by atoms with Crippen LogP contribution in [0.1, 0.15) is 26.2 Å². The smallest absolute Gasteiger partial charge is 0.169 e. The van der Waals surface area contributed by atoms with Gasteiger partial charge in [0.2, 0.25) is 0 Å². The van der Waals surface area contributed by atoms with E-state index in [0.717, 1.165) is 24.3 Å². The predicted molar refractivity (Wildman–Crippen MR) is 98.3 cm³/mol. The van der Waals surface area contributed by atoms with Crippen LogP contribution in [0, 0.1) is 10.8 Å². The molecule has 1 unspecified atom stereocenters. The van der Waals surface area contributed by atoms with Crippen molar-refractivity contribution in [2.45, 2.75) is 32.3 Å². The number of aliphatic hydroxyl groups is 2. The van der Waals surface area contributed by atoms with Crippen LogP contribution >= 0.6 is 0 Å². The van der Waals surface area contributed by atoms with Gasteiger partial charge in [0.1, 0.15) is 0 Å². The lowest BCUT2D eigenvalue weighted by Crippen LogP contribution is -2.44. The van der Waals surface area contributed by atoms with Crippen molar-refractivity contribution in [2.24, 2.45) is 10.8 Å². The number of ketones is 4. The zero-order chi connectivity index (χ0) is 20.5. The first-order valence-corrected chi connectivity index (χ1v) is 8.06. The summed E-state index contributed by atoms with van der Waals surface area (Å²) in [5.41, 5.74) is -3.38. The van der Waals surface area contributed by atoms with Gasteiger partial charge in [0, 0.05) is 6.61 Å². The van der Waals surface area contributed by atoms with Crippen LogP contribution in [0.25, 0.3) is 0 Å². The first-order valence-electron chi connectivity index (χ1n) is 8.06. The van der Waals surface area contributed by atoms with Gasteiger partial charge in [-0.25, -0.2) is 0 Å². The SMILES string of the molecule is C=CC(=O)C(C)(CC(O)CC(CCO)(C(=O)C=C)C(=O)C=C)C(=O)C=C. The molecule has 0 aliphatic rings. The van der Waals surface area contributed by atoms with Gasteiger partial charge in [0.15, 0.2) is 23.1 Å². The number of carbonyl (C=O) groups excluding carboxylic acids is 4. The molecule has 142 valence electrons. The summed E-state index contributed by atoms with van der Waals surface area (Å²) in [6, 6.07) is 0. The van der Waals surface area contributed by atoms with Crippen molar-refractivity contribution in [3.63, 3.8) is 0 Å². The van der Waals surface area contributed by atoms with E-state index in [1.807, 2.05) is 0 Å². The van der Waals surface area contributed by atoms with Crippen LogP contribution in [0.5, 0.6) is 0 Å². The summed E-state index contributed by atoms with van der Waals surface area (Å²) in [5, 5.41) is 19.8. The number of aliphatic hydroxyl groups excluding tert-OH is 2. The van der Waals surface area contributed by atoms with Crippen LogP contribution in [0.4, 0.5) is 0 Å². The largest absolute Gasteiger partial charge is 0.396 e. The molecule has 0 aliphatic heterocycles. The molecule has 0 aliphatic carbocycles. The van der Waals surface area contributed by atoms with Crippen LogP contribution in [0.3, 0.4) is 0 Å². The monoisotopic (exact) mass is 362 g/mol. The molecule has 0 aromatic rings. The number of rotatable bonds is 14. The maximum atomic E-state index is 12.3. The minimum absolute atomic E-state index is 0.249. The van der Waals surface area contributed by atoms with Gasteiger partial charge in [-0.15, -0.1) is 0 Å². The van der Waals surface area contributed by atoms with Crippen LogP contribution in [0.15, 0.2) is 50.6 Å². The molecule has 0 aromatic carbocycles. The molecule has 0 bridgehead atoms. The van der Waals surface area contributed by atoms with E-state index in [1.165, 1.54) is 6.92 Å². The topological polar surface area (TPSA) is 109 Å². The molecular weight excluding hydrogens is 336 g/mol. The fourth-order valence-electron chi connectivity index (χ4n) is 2.97. The summed E-state index contributed by atoms with van der Waals surface area (Å²) in [7, 11) is 0. The van der Waals surface area contributed by atoms with Crippen molar-refractivity contribution >= 4 is 23.1 Å². The summed E-state index contributed by atoms with van der Waals surface area (Å²) in [4.78, 5) is 48.9. The summed E-state index contributed by atoms with van der Waals surface area (Å²) in [5.74, 6) is -2.58. The van der Waals surface area contributed by atoms with E-state index < -0.39 is 53.1 Å². The standard InChI is InChI=1S/C20H26O6/c1-6-15(23)19(5,16(24)7-2)12-14(22)13-20(10-11-21,17(25)8-3)18(26)9-4/h6-9,14,21-22H,1-4,10-13H2,5H3. The molecule has 0 amide bonds. The molecule has 0 spiro atoms. The fraction of sp³-hybridized carbons (Fsp3) is 0.400. The first kappa shape index (κ1) is 23.6. The second-order valence-corrected chi connectivity index (χ2v) is 6.22. The van der Waals surface area contributed by atoms with E-state index in [4.69, 9.17) is 0 Å². The van der Waals surface area contributed by atoms with Crippen LogP contribution in [-0.2, 0) is 19.2 Å². The number of hydrogen-bond acceptors (Lipinski definition) is 6. The molecule has 26 heavy (non-hydrogen) atoms. The van der Waals surface area contributed by atoms with Crippen molar-refractivity contribution in [3.8, 4) is 0 Å². The number of hydrogen-bond donors (Lipinski definition) is 2. The van der Waals surface area contributed by atoms with Crippen LogP contribution in [0.2, 0.25) is 0 Å². The van der Waals surface area contributed by atoms with E-state index in [2.05, 4.69) is 26.3 Å². The van der Waals surface area contributed by atoms with Gasteiger partial charge in [-0.05, 0) is 50.5 Å². The molecule has 0 rings (SSSR count). The van der Waals surface area contributed by atoms with E-state index >= 15 is 0 Å². The third kappa shape index (κ3) is 4.80. The van der Waals surface area contributed by atoms with Gasteiger partial charge < -0.3 is 10.2 Å². The second-order valence-electron chi connectivity index (χ2n) is 6.22. The zero-order valence-electron chi connectivity index (χ0n) is 15.1. The first-order chi connectivity index (χ1) is 12.1. The quantitative estimate of drug-likeness (QED) is 0.358. The maximum absolute atomic E-state index is 12.3. The molecular formula is C20H26O6. The molecule has 2 N–H and O–H groups in total. The Labute approximate surface area is 153 Å². The van der Waals surface area contributed by atoms with Crippen molar-refractivity contribution in [3.05, 3.63) is 50.6 Å². The highest BCUT2D eigenvalue weighted by molar-refractivity contribution is 6.16. The Morgan fingerprint density at radius 3 is 1.54 bits per heavy atom. The Balaban J connectivity index is 5.90. The lowest BCUT2D eigenvalue weighted by Gasteiger charge is -2.33. The average Bonchev–Trinajstić information content (AvgIpc) is 2.64. The molecule has 0 saturated carbocycles. The maximum Gasteiger partial charge on any atom is 0.169 e. The lowest BCUT2D eigenvalue weighted by molar-refractivity contribution is -0.140. The molecule has 6 nitrogen and oxygen atoms in total. The van der Waals surface area contributed by atoms with Crippen molar-refractivity contribution in [1.29, 1.82) is 0 Å². The van der Waals surface area contributed by atoms with E-state index in [9.17, 15) is 29.4 Å². The van der Waals surface area contributed by atoms with Gasteiger partial charge in [0.25, 0.3) is 0 Å². The lowest BCUT2D eigenvalue weighted by atomic mass is 9.68. The second kappa shape index (κ2) is 9.89. The molecule has 0 fully saturated rings. The van der Waals surface area contributed by atoms with Gasteiger partial charge in [-0.3, -0.25) is 19.2 Å². The highest BCUT2D eigenvalue weighted by atomic mass is 16.3. The summed E-state index contributed by atoms with van der Waals surface area (Å²) in [6.45, 7) is 14.3. The molecule has 0 heterocycles. The third-order valence-electron chi connectivity index (χ3n) is 4.54. The van der Waals surface area contributed by atoms with Crippen molar-refractivity contribution in [2.75, 3.05) is 6.61 Å². The molecule has 1 atom stereocenters. The zero-order valence-corrected chi connectivity index (χ0v) is 15.1. The summed E-state index contributed by atoms with van der Waals surface area (Å²) in [6.07, 6.45) is 1.46. The Morgan fingerprint density at radius 1 is 0.846 bits per heavy atom. The Kier molecular flexibility index (Phi) is 8.96. The highest BCUT2D eigenvalue weighted by Crippen LogP contribution is 2.36. The highest BCUT2D eigenvalue weighted by Gasteiger charge is 2.46. The van der Waals surface area contributed by atoms with Crippen molar-refractivity contribution < 1.29 is 29.4 Å². The molecule has 6 heteroatoms. The third-order valence-corrected chi connectivity index (χ3v) is 4.54. The molecule has 0 aromatic heterocycles. The minimum Gasteiger partial charge on any atom is -0.396 e. The summed E-state index contributed by atoms with van der Waals surface area (Å²) < 4.78 is 0. The van der Waals surface area contributed by atoms with Gasteiger partial charge in [-0.2, -0.15) is 0 Å². The van der Waals surface area contributed by atoms with E-state index in [1.54, 1.807) is 0 Å². The van der Waals surface area contributed by atoms with Gasteiger partial charge >= 0.3 is 0 Å². The van der Waals surface area contributed by atoms with Crippen LogP contribution in [-0.4, -0.2) is 46.1 Å². The minimum atomic E-state index is -1.76. The van der Waals surface area contributed by atoms with Crippen molar-refractivity contribution in [1.82, 2.24) is 0 Å². The average molecular weight is 362 g/mol. The number of allylic oxidation sites excluding steroid dienone is 4. The van der Waals surface area contributed by atoms with Gasteiger partial charge in [0.05, 0.1) is 16.9 Å². The van der Waals surface area contributed by atoms with Crippen LogP contribution < -0.4 is 0 Å². The summed E-state index contributed by atoms with van der Waals surface area (Å²) >= 11 is 0. The Hall–Kier alpha value is -2.44. The molecule has 0 saturated heterocycles. The van der Waals surface area contributed by atoms with E-state index in [-0.39, 0.29) is 12.8 Å². The van der Waals surface area contributed by atoms with Gasteiger partial charge in [-0.1, -0.05) is 26.3 Å². The predicted octanol–water partition coefficient (Wildman–Crippen LogP) is 1.52. The fourth-order valence-corrected chi connectivity index (χ4v) is 2.97. The normalized spacial score (nSPS) is 12.6. The Bertz CT molecular complexity index is 588. The number of carbonyl (C=O) groups is 4. The van der Waals surface area contributed by atoms with E-state index in [0.29, 0.717) is 0 Å². The Morgan fingerprint density at radius 2 is 1.23 bits per heavy atom.